The molecule has 2 aliphatic carbocycles. The summed E-state index contributed by atoms with van der Waals surface area (Å²) in [6, 6.07) is 5.50. The summed E-state index contributed by atoms with van der Waals surface area (Å²) in [5.41, 5.74) is 0. The van der Waals surface area contributed by atoms with Crippen LogP contribution < -0.4 is 0 Å². The summed E-state index contributed by atoms with van der Waals surface area (Å²) >= 11 is 1.81. The molecular weight excluding hydrogens is 276 g/mol. The van der Waals surface area contributed by atoms with Crippen molar-refractivity contribution in [3.63, 3.8) is 0 Å². The van der Waals surface area contributed by atoms with Gasteiger partial charge in [0.1, 0.15) is 0 Å². The molecule has 0 unspecified atom stereocenters. The maximum absolute atomic E-state index is 4.76. The fourth-order valence-corrected chi connectivity index (χ4v) is 4.10. The summed E-state index contributed by atoms with van der Waals surface area (Å²) in [6.07, 6.45) is 17.5. The van der Waals surface area contributed by atoms with Gasteiger partial charge < -0.3 is 0 Å². The molecule has 2 saturated carbocycles. The van der Waals surface area contributed by atoms with Gasteiger partial charge in [0.05, 0.1) is 0 Å². The van der Waals surface area contributed by atoms with E-state index < -0.39 is 0 Å². The standard InChI is InChI=1S/C18H26N2S/c1-3-7-15(8-4-1)19-13-17-11-12-18(21-17)14-20-16-9-5-2-6-10-16/h11-16H,1-10H2. The molecule has 21 heavy (non-hydrogen) atoms. The van der Waals surface area contributed by atoms with Gasteiger partial charge in [-0.1, -0.05) is 38.5 Å². The van der Waals surface area contributed by atoms with Crippen LogP contribution in [0.5, 0.6) is 0 Å². The summed E-state index contributed by atoms with van der Waals surface area (Å²) in [5.74, 6) is 0. The van der Waals surface area contributed by atoms with E-state index in [1.165, 1.54) is 74.0 Å². The monoisotopic (exact) mass is 302 g/mol. The first-order chi connectivity index (χ1) is 10.4. The zero-order valence-corrected chi connectivity index (χ0v) is 13.7. The molecule has 1 aromatic rings. The quantitative estimate of drug-likeness (QED) is 0.679. The summed E-state index contributed by atoms with van der Waals surface area (Å²) in [7, 11) is 0. The Hall–Kier alpha value is -0.960. The van der Waals surface area contributed by atoms with Gasteiger partial charge in [-0.3, -0.25) is 9.98 Å². The van der Waals surface area contributed by atoms with Crippen molar-refractivity contribution in [2.45, 2.75) is 76.3 Å². The predicted molar refractivity (Wildman–Crippen MR) is 93.3 cm³/mol. The fraction of sp³-hybridized carbons (Fsp3) is 0.667. The molecule has 0 spiro atoms. The van der Waals surface area contributed by atoms with E-state index in [0.29, 0.717) is 12.1 Å². The highest BCUT2D eigenvalue weighted by molar-refractivity contribution is 7.15. The van der Waals surface area contributed by atoms with Crippen LogP contribution in [0.25, 0.3) is 0 Å². The Balaban J connectivity index is 1.52. The van der Waals surface area contributed by atoms with Crippen LogP contribution in [0.4, 0.5) is 0 Å². The van der Waals surface area contributed by atoms with Gasteiger partial charge in [-0.15, -0.1) is 11.3 Å². The molecule has 2 fully saturated rings. The second-order valence-electron chi connectivity index (χ2n) is 6.38. The van der Waals surface area contributed by atoms with Crippen LogP contribution in [0.3, 0.4) is 0 Å². The average molecular weight is 302 g/mol. The predicted octanol–water partition coefficient (Wildman–Crippen LogP) is 5.25. The second-order valence-corrected chi connectivity index (χ2v) is 7.53. The van der Waals surface area contributed by atoms with Gasteiger partial charge in [0.2, 0.25) is 0 Å². The molecule has 0 saturated heterocycles. The van der Waals surface area contributed by atoms with Crippen LogP contribution >= 0.6 is 11.3 Å². The Morgan fingerprint density at radius 1 is 0.714 bits per heavy atom. The number of aliphatic imine (C=N–C) groups is 2. The van der Waals surface area contributed by atoms with Gasteiger partial charge in [0.15, 0.2) is 0 Å². The summed E-state index contributed by atoms with van der Waals surface area (Å²) < 4.78 is 0. The van der Waals surface area contributed by atoms with Crippen LogP contribution in [0.2, 0.25) is 0 Å². The Morgan fingerprint density at radius 2 is 1.14 bits per heavy atom. The van der Waals surface area contributed by atoms with Crippen LogP contribution in [-0.2, 0) is 0 Å². The van der Waals surface area contributed by atoms with Crippen LogP contribution in [0.1, 0.15) is 74.0 Å². The van der Waals surface area contributed by atoms with Gasteiger partial charge >= 0.3 is 0 Å². The molecule has 1 heterocycles. The highest BCUT2D eigenvalue weighted by atomic mass is 32.1. The van der Waals surface area contributed by atoms with E-state index in [0.717, 1.165) is 0 Å². The van der Waals surface area contributed by atoms with Crippen LogP contribution in [-0.4, -0.2) is 24.5 Å². The lowest BCUT2D eigenvalue weighted by Crippen LogP contribution is -2.09. The number of nitrogens with zero attached hydrogens (tertiary/aromatic N) is 2. The molecule has 2 aliphatic rings. The Morgan fingerprint density at radius 3 is 1.57 bits per heavy atom. The second kappa shape index (κ2) is 7.88. The van der Waals surface area contributed by atoms with Gasteiger partial charge in [-0.05, 0) is 37.8 Å². The third kappa shape index (κ3) is 4.77. The highest BCUT2D eigenvalue weighted by Crippen LogP contribution is 2.22. The topological polar surface area (TPSA) is 24.7 Å². The van der Waals surface area contributed by atoms with E-state index in [4.69, 9.17) is 9.98 Å². The van der Waals surface area contributed by atoms with E-state index in [2.05, 4.69) is 24.6 Å². The fourth-order valence-electron chi connectivity index (χ4n) is 3.33. The molecule has 2 nitrogen and oxygen atoms in total. The van der Waals surface area contributed by atoms with Gasteiger partial charge in [0, 0.05) is 34.3 Å². The highest BCUT2D eigenvalue weighted by Gasteiger charge is 2.12. The van der Waals surface area contributed by atoms with Crippen molar-refractivity contribution >= 4 is 23.8 Å². The lowest BCUT2D eigenvalue weighted by Gasteiger charge is -2.16. The molecule has 1 aromatic heterocycles. The van der Waals surface area contributed by atoms with E-state index in [1.807, 2.05) is 11.3 Å². The summed E-state index contributed by atoms with van der Waals surface area (Å²) in [5, 5.41) is 0. The van der Waals surface area contributed by atoms with E-state index in [-0.39, 0.29) is 0 Å². The van der Waals surface area contributed by atoms with Crippen molar-refractivity contribution in [3.05, 3.63) is 21.9 Å². The average Bonchev–Trinajstić information content (AvgIpc) is 3.01. The number of thiophene rings is 1. The molecule has 0 radical (unpaired) electrons. The van der Waals surface area contributed by atoms with Crippen LogP contribution in [0, 0.1) is 0 Å². The SMILES string of the molecule is C(=NC1CCCCC1)c1ccc(C=NC2CCCCC2)s1. The minimum absolute atomic E-state index is 0.570. The first kappa shape index (κ1) is 15.0. The minimum atomic E-state index is 0.570. The molecular formula is C18H26N2S. The van der Waals surface area contributed by atoms with Crippen molar-refractivity contribution in [2.24, 2.45) is 9.98 Å². The maximum atomic E-state index is 4.76. The molecule has 114 valence electrons. The third-order valence-corrected chi connectivity index (χ3v) is 5.58. The molecule has 0 N–H and O–H groups in total. The maximum Gasteiger partial charge on any atom is 0.0500 e. The molecule has 0 aromatic carbocycles. The Kier molecular flexibility index (Phi) is 5.61. The van der Waals surface area contributed by atoms with Crippen molar-refractivity contribution < 1.29 is 0 Å². The summed E-state index contributed by atoms with van der Waals surface area (Å²) in [4.78, 5) is 12.1. The minimum Gasteiger partial charge on any atom is -0.288 e. The zero-order chi connectivity index (χ0) is 14.3. The molecule has 0 bridgehead atoms. The summed E-state index contributed by atoms with van der Waals surface area (Å²) in [6.45, 7) is 0. The first-order valence-electron chi connectivity index (χ1n) is 8.56. The van der Waals surface area contributed by atoms with Crippen LogP contribution in [0.15, 0.2) is 22.1 Å². The van der Waals surface area contributed by atoms with Crippen molar-refractivity contribution in [3.8, 4) is 0 Å². The zero-order valence-electron chi connectivity index (χ0n) is 12.8. The number of hydrogen-bond acceptors (Lipinski definition) is 3. The Labute approximate surface area is 132 Å². The normalized spacial score (nSPS) is 22.5. The van der Waals surface area contributed by atoms with Gasteiger partial charge in [-0.25, -0.2) is 0 Å². The lowest BCUT2D eigenvalue weighted by atomic mass is 9.96. The smallest absolute Gasteiger partial charge is 0.0500 e. The molecule has 0 atom stereocenters. The van der Waals surface area contributed by atoms with E-state index >= 15 is 0 Å². The largest absolute Gasteiger partial charge is 0.288 e. The molecule has 3 heteroatoms. The first-order valence-corrected chi connectivity index (χ1v) is 9.38. The van der Waals surface area contributed by atoms with Crippen molar-refractivity contribution in [1.82, 2.24) is 0 Å². The number of rotatable bonds is 4. The molecule has 3 rings (SSSR count). The van der Waals surface area contributed by atoms with Gasteiger partial charge in [0.25, 0.3) is 0 Å². The van der Waals surface area contributed by atoms with E-state index in [9.17, 15) is 0 Å². The third-order valence-electron chi connectivity index (χ3n) is 4.62. The Bertz CT molecular complexity index is 435. The van der Waals surface area contributed by atoms with Crippen molar-refractivity contribution in [1.29, 1.82) is 0 Å². The van der Waals surface area contributed by atoms with Crippen molar-refractivity contribution in [2.75, 3.05) is 0 Å². The van der Waals surface area contributed by atoms with E-state index in [1.54, 1.807) is 0 Å². The number of hydrogen-bond donors (Lipinski definition) is 0. The van der Waals surface area contributed by atoms with Gasteiger partial charge in [-0.2, -0.15) is 0 Å². The molecule has 0 aliphatic heterocycles. The molecule has 0 amide bonds. The lowest BCUT2D eigenvalue weighted by molar-refractivity contribution is 0.444.